The molecule has 156 valence electrons. The number of esters is 1. The van der Waals surface area contributed by atoms with Crippen LogP contribution < -0.4 is 5.32 Å². The molecule has 0 unspecified atom stereocenters. The van der Waals surface area contributed by atoms with Crippen LogP contribution in [-0.2, 0) is 26.9 Å². The van der Waals surface area contributed by atoms with E-state index in [1.54, 1.807) is 12.3 Å². The Morgan fingerprint density at radius 3 is 2.45 bits per heavy atom. The summed E-state index contributed by atoms with van der Waals surface area (Å²) in [7, 11) is 0. The topological polar surface area (TPSA) is 68.3 Å². The van der Waals surface area contributed by atoms with Gasteiger partial charge in [-0.25, -0.2) is 9.78 Å². The molecule has 3 rings (SSSR count). The van der Waals surface area contributed by atoms with Crippen LogP contribution >= 0.6 is 11.3 Å². The lowest BCUT2D eigenvalue weighted by Gasteiger charge is -2.27. The molecule has 0 spiro atoms. The Balaban J connectivity index is 1.66. The third kappa shape index (κ3) is 4.95. The number of hydrogen-bond acceptors (Lipinski definition) is 5. The van der Waals surface area contributed by atoms with Crippen molar-refractivity contribution in [1.82, 2.24) is 10.3 Å². The van der Waals surface area contributed by atoms with Gasteiger partial charge in [-0.15, -0.1) is 11.3 Å². The molecule has 0 aliphatic heterocycles. The maximum Gasteiger partial charge on any atom is 0.416 e. The normalized spacial score (nSPS) is 15.9. The predicted octanol–water partition coefficient (Wildman–Crippen LogP) is 4.36. The number of nitrogens with zero attached hydrogens (tertiary/aromatic N) is 1. The van der Waals surface area contributed by atoms with Gasteiger partial charge in [0.2, 0.25) is 5.91 Å². The zero-order valence-electron chi connectivity index (χ0n) is 15.8. The van der Waals surface area contributed by atoms with E-state index in [0.29, 0.717) is 29.1 Å². The Kier molecular flexibility index (Phi) is 6.26. The molecule has 1 saturated carbocycles. The number of thiazole rings is 1. The zero-order valence-corrected chi connectivity index (χ0v) is 16.7. The van der Waals surface area contributed by atoms with Gasteiger partial charge < -0.3 is 10.1 Å². The van der Waals surface area contributed by atoms with Gasteiger partial charge in [-0.2, -0.15) is 13.2 Å². The van der Waals surface area contributed by atoms with Crippen molar-refractivity contribution in [1.29, 1.82) is 0 Å². The molecule has 1 aliphatic rings. The van der Waals surface area contributed by atoms with Gasteiger partial charge in [0.15, 0.2) is 0 Å². The molecule has 0 atom stereocenters. The summed E-state index contributed by atoms with van der Waals surface area (Å²) in [6, 6.07) is 4.73. The first-order valence-electron chi connectivity index (χ1n) is 9.34. The smallest absolute Gasteiger partial charge is 0.416 e. The number of benzene rings is 1. The Bertz CT molecular complexity index is 872. The highest BCUT2D eigenvalue weighted by Crippen LogP contribution is 2.33. The number of aromatic nitrogens is 1. The first-order valence-corrected chi connectivity index (χ1v) is 10.2. The number of carbonyl (C=O) groups excluding carboxylic acids is 2. The van der Waals surface area contributed by atoms with E-state index < -0.39 is 23.2 Å². The molecule has 5 nitrogen and oxygen atoms in total. The van der Waals surface area contributed by atoms with Gasteiger partial charge in [0, 0.05) is 10.9 Å². The van der Waals surface area contributed by atoms with Gasteiger partial charge in [-0.1, -0.05) is 25.0 Å². The highest BCUT2D eigenvalue weighted by Gasteiger charge is 2.43. The average Bonchev–Trinajstić information content (AvgIpc) is 3.32. The second-order valence-corrected chi connectivity index (χ2v) is 7.81. The lowest BCUT2D eigenvalue weighted by Crippen LogP contribution is -2.53. The third-order valence-electron chi connectivity index (χ3n) is 4.85. The van der Waals surface area contributed by atoms with Gasteiger partial charge in [0.1, 0.15) is 10.5 Å². The first kappa shape index (κ1) is 21.3. The summed E-state index contributed by atoms with van der Waals surface area (Å²) >= 11 is 1.25. The summed E-state index contributed by atoms with van der Waals surface area (Å²) in [6.07, 6.45) is -1.63. The molecule has 1 N–H and O–H groups in total. The number of ether oxygens (including phenoxy) is 1. The van der Waals surface area contributed by atoms with Gasteiger partial charge in [-0.3, -0.25) is 4.79 Å². The van der Waals surface area contributed by atoms with Gasteiger partial charge in [-0.05, 0) is 31.9 Å². The van der Waals surface area contributed by atoms with Crippen molar-refractivity contribution in [3.63, 3.8) is 0 Å². The second-order valence-electron chi connectivity index (χ2n) is 6.95. The zero-order chi connectivity index (χ0) is 21.1. The molecular weight excluding hydrogens is 405 g/mol. The number of alkyl halides is 3. The fourth-order valence-electron chi connectivity index (χ4n) is 3.43. The Labute approximate surface area is 170 Å². The fraction of sp³-hybridized carbons (Fsp3) is 0.450. The SMILES string of the molecule is CCOC(=O)C1(NC(=O)Cc2csc(-c3ccc(C(F)(F)F)cc3)n2)CCCC1. The standard InChI is InChI=1S/C20H21F3N2O3S/c1-2-28-18(27)19(9-3-4-10-19)25-16(26)11-15-12-29-17(24-15)13-5-7-14(8-6-13)20(21,22)23/h5-8,12H,2-4,9-11H2,1H3,(H,25,26). The van der Waals surface area contributed by atoms with Crippen LogP contribution in [0.5, 0.6) is 0 Å². The number of rotatable bonds is 6. The quantitative estimate of drug-likeness (QED) is 0.697. The maximum absolute atomic E-state index is 12.7. The van der Waals surface area contributed by atoms with E-state index in [4.69, 9.17) is 4.74 Å². The summed E-state index contributed by atoms with van der Waals surface area (Å²) in [5, 5.41) is 5.05. The van der Waals surface area contributed by atoms with E-state index in [2.05, 4.69) is 10.3 Å². The summed E-state index contributed by atoms with van der Waals surface area (Å²) in [5.41, 5.74) is -0.648. The lowest BCUT2D eigenvalue weighted by atomic mass is 9.97. The maximum atomic E-state index is 12.7. The van der Waals surface area contributed by atoms with E-state index in [1.807, 2.05) is 0 Å². The fourth-order valence-corrected chi connectivity index (χ4v) is 4.25. The highest BCUT2D eigenvalue weighted by atomic mass is 32.1. The number of halogens is 3. The van der Waals surface area contributed by atoms with Crippen molar-refractivity contribution in [2.75, 3.05) is 6.61 Å². The molecule has 0 radical (unpaired) electrons. The minimum Gasteiger partial charge on any atom is -0.464 e. The van der Waals surface area contributed by atoms with Crippen molar-refractivity contribution in [3.05, 3.63) is 40.9 Å². The summed E-state index contributed by atoms with van der Waals surface area (Å²) in [6.45, 7) is 1.97. The van der Waals surface area contributed by atoms with E-state index in [0.717, 1.165) is 25.0 Å². The summed E-state index contributed by atoms with van der Waals surface area (Å²) in [5.74, 6) is -0.737. The number of nitrogens with one attached hydrogen (secondary N) is 1. The summed E-state index contributed by atoms with van der Waals surface area (Å²) < 4.78 is 43.2. The molecule has 29 heavy (non-hydrogen) atoms. The van der Waals surface area contributed by atoms with Crippen molar-refractivity contribution in [2.45, 2.75) is 50.7 Å². The third-order valence-corrected chi connectivity index (χ3v) is 5.79. The van der Waals surface area contributed by atoms with Crippen LogP contribution in [-0.4, -0.2) is 29.0 Å². The molecule has 1 aromatic heterocycles. The molecule has 0 bridgehead atoms. The summed E-state index contributed by atoms with van der Waals surface area (Å²) in [4.78, 5) is 29.2. The minimum absolute atomic E-state index is 0.0156. The van der Waals surface area contributed by atoms with Crippen molar-refractivity contribution < 1.29 is 27.5 Å². The van der Waals surface area contributed by atoms with Gasteiger partial charge in [0.05, 0.1) is 24.3 Å². The Morgan fingerprint density at radius 1 is 1.21 bits per heavy atom. The molecule has 2 aromatic rings. The monoisotopic (exact) mass is 426 g/mol. The molecule has 0 saturated heterocycles. The highest BCUT2D eigenvalue weighted by molar-refractivity contribution is 7.13. The van der Waals surface area contributed by atoms with E-state index in [9.17, 15) is 22.8 Å². The van der Waals surface area contributed by atoms with Gasteiger partial charge >= 0.3 is 12.1 Å². The molecule has 1 fully saturated rings. The molecule has 9 heteroatoms. The second kappa shape index (κ2) is 8.52. The van der Waals surface area contributed by atoms with Crippen LogP contribution in [0.2, 0.25) is 0 Å². The molecule has 1 amide bonds. The Morgan fingerprint density at radius 2 is 1.86 bits per heavy atom. The first-order chi connectivity index (χ1) is 13.7. The van der Waals surface area contributed by atoms with Crippen LogP contribution in [0, 0.1) is 0 Å². The van der Waals surface area contributed by atoms with Crippen molar-refractivity contribution in [3.8, 4) is 10.6 Å². The van der Waals surface area contributed by atoms with Crippen LogP contribution in [0.1, 0.15) is 43.9 Å². The van der Waals surface area contributed by atoms with Crippen LogP contribution in [0.15, 0.2) is 29.6 Å². The Hall–Kier alpha value is -2.42. The van der Waals surface area contributed by atoms with E-state index in [-0.39, 0.29) is 18.9 Å². The van der Waals surface area contributed by atoms with E-state index in [1.165, 1.54) is 23.5 Å². The predicted molar refractivity (Wildman–Crippen MR) is 102 cm³/mol. The number of amides is 1. The largest absolute Gasteiger partial charge is 0.464 e. The molecule has 1 heterocycles. The van der Waals surface area contributed by atoms with Crippen LogP contribution in [0.3, 0.4) is 0 Å². The molecule has 1 aliphatic carbocycles. The van der Waals surface area contributed by atoms with Crippen LogP contribution in [0.25, 0.3) is 10.6 Å². The number of carbonyl (C=O) groups is 2. The minimum atomic E-state index is -4.39. The lowest BCUT2D eigenvalue weighted by molar-refractivity contribution is -0.153. The van der Waals surface area contributed by atoms with Crippen LogP contribution in [0.4, 0.5) is 13.2 Å². The van der Waals surface area contributed by atoms with Crippen molar-refractivity contribution >= 4 is 23.2 Å². The molecule has 1 aromatic carbocycles. The van der Waals surface area contributed by atoms with Gasteiger partial charge in [0.25, 0.3) is 0 Å². The van der Waals surface area contributed by atoms with Crippen molar-refractivity contribution in [2.24, 2.45) is 0 Å². The number of hydrogen-bond donors (Lipinski definition) is 1. The van der Waals surface area contributed by atoms with E-state index >= 15 is 0 Å². The molecular formula is C20H21F3N2O3S. The average molecular weight is 426 g/mol.